The van der Waals surface area contributed by atoms with E-state index in [0.717, 1.165) is 23.3 Å². The highest BCUT2D eigenvalue weighted by Gasteiger charge is 2.38. The Morgan fingerprint density at radius 1 is 1.06 bits per heavy atom. The predicted octanol–water partition coefficient (Wildman–Crippen LogP) is 3.57. The van der Waals surface area contributed by atoms with Crippen molar-refractivity contribution in [2.24, 2.45) is 0 Å². The number of hydrogen-bond acceptors (Lipinski definition) is 4. The third-order valence-corrected chi connectivity index (χ3v) is 5.05. The monoisotopic (exact) mass is 435 g/mol. The van der Waals surface area contributed by atoms with E-state index in [-0.39, 0.29) is 12.8 Å². The van der Waals surface area contributed by atoms with Gasteiger partial charge in [0.05, 0.1) is 16.7 Å². The first-order valence-electron chi connectivity index (χ1n) is 9.75. The second-order valence-corrected chi connectivity index (χ2v) is 8.12. The number of Topliss-reactive ketones (excluding diaryl/α,β-unsaturated/α-hetero) is 1. The fraction of sp³-hybridized carbons (Fsp3) is 0.364. The van der Waals surface area contributed by atoms with Gasteiger partial charge in [-0.1, -0.05) is 42.0 Å². The standard InChI is InChI=1S/C22H25BF3NO4/c1-14-7-6-8-15(11-14)12-16(23(30)31)13-19(28)21(2,3)27-20(29)17-9-4-5-10-18(17)22(24,25)26/h4-11,16,30-31H,12-13H2,1-3H3,(H,27,29)/t16-/m1/s1. The largest absolute Gasteiger partial charge is 0.455 e. The van der Waals surface area contributed by atoms with Crippen molar-refractivity contribution in [1.82, 2.24) is 5.32 Å². The second-order valence-electron chi connectivity index (χ2n) is 8.12. The molecule has 0 unspecified atom stereocenters. The number of carbonyl (C=O) groups excluding carboxylic acids is 2. The van der Waals surface area contributed by atoms with Crippen LogP contribution >= 0.6 is 0 Å². The lowest BCUT2D eigenvalue weighted by Gasteiger charge is -2.27. The van der Waals surface area contributed by atoms with Crippen LogP contribution in [-0.2, 0) is 17.4 Å². The van der Waals surface area contributed by atoms with Gasteiger partial charge in [0.25, 0.3) is 5.91 Å². The lowest BCUT2D eigenvalue weighted by molar-refractivity contribution is -0.137. The molecule has 166 valence electrons. The molecule has 9 heteroatoms. The Morgan fingerprint density at radius 2 is 1.71 bits per heavy atom. The van der Waals surface area contributed by atoms with E-state index in [9.17, 15) is 32.8 Å². The van der Waals surface area contributed by atoms with Gasteiger partial charge in [-0.05, 0) is 44.9 Å². The van der Waals surface area contributed by atoms with Gasteiger partial charge in [0.1, 0.15) is 0 Å². The van der Waals surface area contributed by atoms with Crippen molar-refractivity contribution in [1.29, 1.82) is 0 Å². The predicted molar refractivity (Wildman–Crippen MR) is 111 cm³/mol. The van der Waals surface area contributed by atoms with E-state index in [0.29, 0.717) is 0 Å². The molecule has 0 aliphatic carbocycles. The quantitative estimate of drug-likeness (QED) is 0.554. The van der Waals surface area contributed by atoms with E-state index in [1.807, 2.05) is 25.1 Å². The Hall–Kier alpha value is -2.65. The van der Waals surface area contributed by atoms with Gasteiger partial charge in [-0.15, -0.1) is 0 Å². The summed E-state index contributed by atoms with van der Waals surface area (Å²) in [7, 11) is -1.78. The number of alkyl halides is 3. The highest BCUT2D eigenvalue weighted by atomic mass is 19.4. The van der Waals surface area contributed by atoms with Gasteiger partial charge in [-0.3, -0.25) is 9.59 Å². The van der Waals surface area contributed by atoms with Crippen LogP contribution in [0.1, 0.15) is 47.3 Å². The minimum Gasteiger partial charge on any atom is -0.427 e. The van der Waals surface area contributed by atoms with Gasteiger partial charge >= 0.3 is 13.3 Å². The summed E-state index contributed by atoms with van der Waals surface area (Å²) in [6, 6.07) is 11.7. The van der Waals surface area contributed by atoms with Crippen LogP contribution in [0.5, 0.6) is 0 Å². The normalized spacial score (nSPS) is 12.9. The van der Waals surface area contributed by atoms with E-state index in [1.54, 1.807) is 6.07 Å². The zero-order valence-electron chi connectivity index (χ0n) is 17.5. The Kier molecular flexibility index (Phi) is 7.67. The fourth-order valence-electron chi connectivity index (χ4n) is 3.27. The van der Waals surface area contributed by atoms with Crippen LogP contribution in [0.25, 0.3) is 0 Å². The lowest BCUT2D eigenvalue weighted by atomic mass is 9.66. The molecule has 0 fully saturated rings. The van der Waals surface area contributed by atoms with Gasteiger partial charge in [0.15, 0.2) is 5.78 Å². The number of nitrogens with one attached hydrogen (secondary N) is 1. The van der Waals surface area contributed by atoms with Crippen molar-refractivity contribution in [3.05, 3.63) is 70.8 Å². The molecule has 2 aromatic rings. The topological polar surface area (TPSA) is 86.6 Å². The van der Waals surface area contributed by atoms with E-state index < -0.39 is 47.5 Å². The summed E-state index contributed by atoms with van der Waals surface area (Å²) in [5.74, 6) is -2.41. The Bertz CT molecular complexity index is 944. The third kappa shape index (κ3) is 6.67. The van der Waals surface area contributed by atoms with Gasteiger partial charge in [0.2, 0.25) is 0 Å². The molecule has 1 amide bonds. The molecule has 0 bridgehead atoms. The van der Waals surface area contributed by atoms with Crippen molar-refractivity contribution in [3.8, 4) is 0 Å². The number of amides is 1. The fourth-order valence-corrected chi connectivity index (χ4v) is 3.27. The Morgan fingerprint density at radius 3 is 2.29 bits per heavy atom. The molecule has 0 aliphatic heterocycles. The zero-order chi connectivity index (χ0) is 23.4. The Labute approximate surface area is 179 Å². The summed E-state index contributed by atoms with van der Waals surface area (Å²) < 4.78 is 39.6. The van der Waals surface area contributed by atoms with Crippen LogP contribution in [0.3, 0.4) is 0 Å². The molecule has 0 aromatic heterocycles. The zero-order valence-corrected chi connectivity index (χ0v) is 17.5. The average molecular weight is 435 g/mol. The van der Waals surface area contributed by atoms with E-state index >= 15 is 0 Å². The highest BCUT2D eigenvalue weighted by molar-refractivity contribution is 6.43. The first-order chi connectivity index (χ1) is 14.3. The van der Waals surface area contributed by atoms with Gasteiger partial charge in [0, 0.05) is 12.2 Å². The highest BCUT2D eigenvalue weighted by Crippen LogP contribution is 2.32. The maximum atomic E-state index is 13.2. The molecular formula is C22H25BF3NO4. The van der Waals surface area contributed by atoms with Crippen LogP contribution < -0.4 is 5.32 Å². The third-order valence-electron chi connectivity index (χ3n) is 5.05. The van der Waals surface area contributed by atoms with Crippen molar-refractivity contribution in [3.63, 3.8) is 0 Å². The summed E-state index contributed by atoms with van der Waals surface area (Å²) in [4.78, 5) is 25.3. The van der Waals surface area contributed by atoms with Crippen LogP contribution in [0.15, 0.2) is 48.5 Å². The van der Waals surface area contributed by atoms with Gasteiger partial charge < -0.3 is 15.4 Å². The van der Waals surface area contributed by atoms with E-state index in [1.165, 1.54) is 26.0 Å². The van der Waals surface area contributed by atoms with Crippen molar-refractivity contribution < 1.29 is 32.8 Å². The summed E-state index contributed by atoms with van der Waals surface area (Å²) in [5.41, 5.74) is -1.42. The number of carbonyl (C=O) groups is 2. The number of benzene rings is 2. The number of ketones is 1. The molecule has 1 atom stereocenters. The summed E-state index contributed by atoms with van der Waals surface area (Å²) >= 11 is 0. The van der Waals surface area contributed by atoms with E-state index in [2.05, 4.69) is 5.32 Å². The van der Waals surface area contributed by atoms with Crippen LogP contribution in [-0.4, -0.2) is 34.4 Å². The molecule has 3 N–H and O–H groups in total. The van der Waals surface area contributed by atoms with Crippen LogP contribution in [0.4, 0.5) is 13.2 Å². The lowest BCUT2D eigenvalue weighted by Crippen LogP contribution is -2.50. The van der Waals surface area contributed by atoms with Crippen molar-refractivity contribution in [2.75, 3.05) is 0 Å². The molecule has 31 heavy (non-hydrogen) atoms. The van der Waals surface area contributed by atoms with Crippen molar-refractivity contribution >= 4 is 18.8 Å². The van der Waals surface area contributed by atoms with Gasteiger partial charge in [-0.2, -0.15) is 13.2 Å². The smallest absolute Gasteiger partial charge is 0.427 e. The van der Waals surface area contributed by atoms with E-state index in [4.69, 9.17) is 0 Å². The molecular weight excluding hydrogens is 410 g/mol. The van der Waals surface area contributed by atoms with Gasteiger partial charge in [-0.25, -0.2) is 0 Å². The average Bonchev–Trinajstić information content (AvgIpc) is 2.66. The summed E-state index contributed by atoms with van der Waals surface area (Å²) in [6.45, 7) is 4.63. The first-order valence-corrected chi connectivity index (χ1v) is 9.75. The minimum atomic E-state index is -4.72. The number of aryl methyl sites for hydroxylation is 1. The maximum Gasteiger partial charge on any atom is 0.455 e. The molecule has 2 aromatic carbocycles. The molecule has 0 radical (unpaired) electrons. The SMILES string of the molecule is Cc1cccc(C[C@H](CC(=O)C(C)(C)NC(=O)c2ccccc2C(F)(F)F)B(O)O)c1. The molecule has 0 spiro atoms. The first kappa shape index (κ1) is 24.6. The summed E-state index contributed by atoms with van der Waals surface area (Å²) in [5, 5.41) is 21.8. The van der Waals surface area contributed by atoms with Crippen LogP contribution in [0.2, 0.25) is 5.82 Å². The number of halogens is 3. The molecule has 0 saturated heterocycles. The molecule has 0 aliphatic rings. The molecule has 5 nitrogen and oxygen atoms in total. The van der Waals surface area contributed by atoms with Crippen LogP contribution in [0, 0.1) is 6.92 Å². The number of rotatable bonds is 8. The molecule has 2 rings (SSSR count). The number of hydrogen-bond donors (Lipinski definition) is 3. The second kappa shape index (κ2) is 9.66. The Balaban J connectivity index is 2.15. The molecule has 0 saturated carbocycles. The minimum absolute atomic E-state index is 0.214. The molecule has 0 heterocycles. The van der Waals surface area contributed by atoms with Crippen molar-refractivity contribution in [2.45, 2.75) is 51.1 Å². The summed E-state index contributed by atoms with van der Waals surface area (Å²) in [6.07, 6.45) is -4.78. The maximum absolute atomic E-state index is 13.2.